The van der Waals surface area contributed by atoms with Gasteiger partial charge in [-0.25, -0.2) is 0 Å². The van der Waals surface area contributed by atoms with Gasteiger partial charge in [0.25, 0.3) is 0 Å². The summed E-state index contributed by atoms with van der Waals surface area (Å²) in [5.41, 5.74) is 6.31. The number of hydrogen-bond donors (Lipinski definition) is 1. The fourth-order valence-electron chi connectivity index (χ4n) is 2.85. The molecule has 2 fully saturated rings. The molecule has 1 unspecified atom stereocenters. The Bertz CT molecular complexity index is 267. The van der Waals surface area contributed by atoms with Crippen LogP contribution in [0.25, 0.3) is 0 Å². The fraction of sp³-hybridized carbons (Fsp3) is 0.923. The summed E-state index contributed by atoms with van der Waals surface area (Å²) in [7, 11) is 0. The zero-order valence-corrected chi connectivity index (χ0v) is 10.3. The van der Waals surface area contributed by atoms with Crippen LogP contribution >= 0.6 is 0 Å². The van der Waals surface area contributed by atoms with Crippen molar-refractivity contribution in [2.75, 3.05) is 19.6 Å². The van der Waals surface area contributed by atoms with E-state index >= 15 is 0 Å². The Labute approximate surface area is 98.6 Å². The molecule has 90 valence electrons. The maximum Gasteiger partial charge on any atom is 0.0628 e. The van der Waals surface area contributed by atoms with Gasteiger partial charge in [0.15, 0.2) is 0 Å². The fourth-order valence-corrected chi connectivity index (χ4v) is 2.85. The number of nitrogens with two attached hydrogens (primary N) is 1. The van der Waals surface area contributed by atoms with Crippen LogP contribution in [-0.2, 0) is 0 Å². The Hall–Kier alpha value is -0.590. The molecule has 0 spiro atoms. The molecule has 1 aliphatic heterocycles. The van der Waals surface area contributed by atoms with Crippen molar-refractivity contribution in [2.24, 2.45) is 17.1 Å². The highest BCUT2D eigenvalue weighted by Gasteiger charge is 2.43. The molecule has 0 radical (unpaired) electrons. The maximum atomic E-state index is 8.80. The lowest BCUT2D eigenvalue weighted by Crippen LogP contribution is -2.41. The molecule has 3 heteroatoms. The smallest absolute Gasteiger partial charge is 0.0628 e. The average molecular weight is 221 g/mol. The molecule has 2 rings (SSSR count). The van der Waals surface area contributed by atoms with Gasteiger partial charge in [-0.2, -0.15) is 5.26 Å². The first-order valence-electron chi connectivity index (χ1n) is 6.50. The Morgan fingerprint density at radius 1 is 1.44 bits per heavy atom. The van der Waals surface area contributed by atoms with E-state index in [0.29, 0.717) is 17.4 Å². The maximum absolute atomic E-state index is 8.80. The summed E-state index contributed by atoms with van der Waals surface area (Å²) in [5, 5.41) is 8.80. The summed E-state index contributed by atoms with van der Waals surface area (Å²) >= 11 is 0. The average Bonchev–Trinajstić information content (AvgIpc) is 2.99. The highest BCUT2D eigenvalue weighted by atomic mass is 15.1. The standard InChI is InChI=1S/C13H23N3/c1-11(15)12-2-8-16(9-3-12)10-13(4-5-13)6-7-14/h11-12H,2-6,8-10,15H2,1H3. The third kappa shape index (κ3) is 2.75. The van der Waals surface area contributed by atoms with E-state index in [2.05, 4.69) is 17.9 Å². The second-order valence-corrected chi connectivity index (χ2v) is 5.81. The first kappa shape index (κ1) is 11.9. The number of likely N-dealkylation sites (tertiary alicyclic amines) is 1. The van der Waals surface area contributed by atoms with E-state index in [1.807, 2.05) is 0 Å². The van der Waals surface area contributed by atoms with Crippen LogP contribution in [0.15, 0.2) is 0 Å². The number of piperidine rings is 1. The summed E-state index contributed by atoms with van der Waals surface area (Å²) in [6, 6.07) is 2.68. The van der Waals surface area contributed by atoms with Crippen LogP contribution in [0.5, 0.6) is 0 Å². The van der Waals surface area contributed by atoms with Gasteiger partial charge >= 0.3 is 0 Å². The highest BCUT2D eigenvalue weighted by Crippen LogP contribution is 2.49. The van der Waals surface area contributed by atoms with Crippen LogP contribution in [-0.4, -0.2) is 30.6 Å². The van der Waals surface area contributed by atoms with Gasteiger partial charge in [-0.3, -0.25) is 0 Å². The van der Waals surface area contributed by atoms with Gasteiger partial charge in [-0.1, -0.05) is 0 Å². The predicted molar refractivity (Wildman–Crippen MR) is 64.7 cm³/mol. The Balaban J connectivity index is 1.76. The molecular formula is C13H23N3. The number of hydrogen-bond acceptors (Lipinski definition) is 3. The van der Waals surface area contributed by atoms with Crippen molar-refractivity contribution in [3.8, 4) is 6.07 Å². The van der Waals surface area contributed by atoms with Crippen molar-refractivity contribution in [2.45, 2.75) is 45.1 Å². The molecule has 1 aliphatic carbocycles. The molecule has 16 heavy (non-hydrogen) atoms. The monoisotopic (exact) mass is 221 g/mol. The van der Waals surface area contributed by atoms with E-state index in [1.54, 1.807) is 0 Å². The molecule has 0 aromatic heterocycles. The minimum Gasteiger partial charge on any atom is -0.328 e. The third-order valence-corrected chi connectivity index (χ3v) is 4.35. The number of rotatable bonds is 4. The topological polar surface area (TPSA) is 53.0 Å². The first-order chi connectivity index (χ1) is 7.65. The van der Waals surface area contributed by atoms with Crippen molar-refractivity contribution in [3.05, 3.63) is 0 Å². The van der Waals surface area contributed by atoms with Crippen molar-refractivity contribution in [3.63, 3.8) is 0 Å². The third-order valence-electron chi connectivity index (χ3n) is 4.35. The summed E-state index contributed by atoms with van der Waals surface area (Å²) in [6.07, 6.45) is 5.74. The van der Waals surface area contributed by atoms with Crippen LogP contribution in [0, 0.1) is 22.7 Å². The van der Waals surface area contributed by atoms with E-state index in [0.717, 1.165) is 13.0 Å². The van der Waals surface area contributed by atoms with E-state index in [1.165, 1.54) is 38.8 Å². The van der Waals surface area contributed by atoms with Crippen LogP contribution in [0.1, 0.15) is 39.0 Å². The molecule has 0 aromatic rings. The molecule has 1 atom stereocenters. The minimum absolute atomic E-state index is 0.344. The minimum atomic E-state index is 0.344. The molecule has 0 bridgehead atoms. The zero-order valence-electron chi connectivity index (χ0n) is 10.3. The van der Waals surface area contributed by atoms with Crippen molar-refractivity contribution in [1.29, 1.82) is 5.26 Å². The SMILES string of the molecule is CC(N)C1CCN(CC2(CC#N)CC2)CC1. The van der Waals surface area contributed by atoms with Crippen molar-refractivity contribution < 1.29 is 0 Å². The molecule has 1 saturated carbocycles. The van der Waals surface area contributed by atoms with Gasteiger partial charge in [-0.15, -0.1) is 0 Å². The Kier molecular flexibility index (Phi) is 3.51. The molecule has 2 N–H and O–H groups in total. The molecule has 3 nitrogen and oxygen atoms in total. The van der Waals surface area contributed by atoms with Gasteiger partial charge in [-0.05, 0) is 57.0 Å². The second kappa shape index (κ2) is 4.73. The van der Waals surface area contributed by atoms with E-state index in [-0.39, 0.29) is 0 Å². The molecule has 1 heterocycles. The largest absolute Gasteiger partial charge is 0.328 e. The predicted octanol–water partition coefficient (Wildman–Crippen LogP) is 1.74. The number of nitriles is 1. The van der Waals surface area contributed by atoms with Gasteiger partial charge in [0.2, 0.25) is 0 Å². The summed E-state index contributed by atoms with van der Waals surface area (Å²) < 4.78 is 0. The van der Waals surface area contributed by atoms with Crippen LogP contribution in [0.3, 0.4) is 0 Å². The molecule has 1 saturated heterocycles. The van der Waals surface area contributed by atoms with E-state index in [4.69, 9.17) is 11.0 Å². The highest BCUT2D eigenvalue weighted by molar-refractivity contribution is 5.01. The lowest BCUT2D eigenvalue weighted by molar-refractivity contribution is 0.145. The summed E-state index contributed by atoms with van der Waals surface area (Å²) in [6.45, 7) is 5.63. The summed E-state index contributed by atoms with van der Waals surface area (Å²) in [5.74, 6) is 0.711. The van der Waals surface area contributed by atoms with Gasteiger partial charge < -0.3 is 10.6 Å². The first-order valence-corrected chi connectivity index (χ1v) is 6.50. The second-order valence-electron chi connectivity index (χ2n) is 5.81. The Morgan fingerprint density at radius 3 is 2.50 bits per heavy atom. The number of nitrogens with zero attached hydrogens (tertiary/aromatic N) is 2. The van der Waals surface area contributed by atoms with Crippen LogP contribution in [0.4, 0.5) is 0 Å². The normalized spacial score (nSPS) is 27.3. The van der Waals surface area contributed by atoms with Crippen LogP contribution in [0.2, 0.25) is 0 Å². The lowest BCUT2D eigenvalue weighted by atomic mass is 9.90. The van der Waals surface area contributed by atoms with Crippen molar-refractivity contribution >= 4 is 0 Å². The van der Waals surface area contributed by atoms with E-state index < -0.39 is 0 Å². The lowest BCUT2D eigenvalue weighted by Gasteiger charge is -2.35. The van der Waals surface area contributed by atoms with Gasteiger partial charge in [0.05, 0.1) is 6.07 Å². The zero-order chi connectivity index (χ0) is 11.6. The molecule has 2 aliphatic rings. The summed E-state index contributed by atoms with van der Waals surface area (Å²) in [4.78, 5) is 2.54. The quantitative estimate of drug-likeness (QED) is 0.786. The Morgan fingerprint density at radius 2 is 2.06 bits per heavy atom. The van der Waals surface area contributed by atoms with E-state index in [9.17, 15) is 0 Å². The van der Waals surface area contributed by atoms with Gasteiger partial charge in [0.1, 0.15) is 0 Å². The van der Waals surface area contributed by atoms with Gasteiger partial charge in [0, 0.05) is 19.0 Å². The van der Waals surface area contributed by atoms with Crippen LogP contribution < -0.4 is 5.73 Å². The molecular weight excluding hydrogens is 198 g/mol. The molecule has 0 amide bonds. The van der Waals surface area contributed by atoms with Crippen molar-refractivity contribution in [1.82, 2.24) is 4.90 Å². The molecule has 0 aromatic carbocycles.